The minimum Gasteiger partial charge on any atom is -0.390 e. The van der Waals surface area contributed by atoms with Crippen LogP contribution in [-0.2, 0) is 4.79 Å². The van der Waals surface area contributed by atoms with Crippen LogP contribution in [0.25, 0.3) is 0 Å². The number of amides is 1. The maximum atomic E-state index is 11.2. The number of carbonyl (C=O) groups is 1. The van der Waals surface area contributed by atoms with E-state index in [1.165, 1.54) is 19.3 Å². The Morgan fingerprint density at radius 1 is 1.28 bits per heavy atom. The molecule has 3 nitrogen and oxygen atoms in total. The first kappa shape index (κ1) is 12.7. The molecule has 1 amide bonds. The van der Waals surface area contributed by atoms with Gasteiger partial charge in [-0.1, -0.05) is 0 Å². The van der Waals surface area contributed by atoms with Crippen LogP contribution >= 0.6 is 11.6 Å². The van der Waals surface area contributed by atoms with Crippen LogP contribution in [0.2, 0.25) is 0 Å². The number of aliphatic hydroxyl groups is 1. The zero-order valence-electron chi connectivity index (χ0n) is 10.8. The largest absolute Gasteiger partial charge is 0.390 e. The Balaban J connectivity index is 1.63. The van der Waals surface area contributed by atoms with Crippen molar-refractivity contribution >= 4 is 17.5 Å². The van der Waals surface area contributed by atoms with Crippen molar-refractivity contribution in [3.05, 3.63) is 0 Å². The number of carbonyl (C=O) groups excluding carboxylic acids is 1. The Morgan fingerprint density at radius 3 is 2.50 bits per heavy atom. The predicted octanol–water partition coefficient (Wildman–Crippen LogP) is 2.06. The van der Waals surface area contributed by atoms with Crippen molar-refractivity contribution in [2.24, 2.45) is 17.3 Å². The van der Waals surface area contributed by atoms with Crippen molar-refractivity contribution in [1.82, 2.24) is 5.32 Å². The van der Waals surface area contributed by atoms with E-state index >= 15 is 0 Å². The van der Waals surface area contributed by atoms with Gasteiger partial charge in [0.15, 0.2) is 0 Å². The molecule has 4 saturated carbocycles. The highest BCUT2D eigenvalue weighted by atomic mass is 35.5. The fourth-order valence-electron chi connectivity index (χ4n) is 5.21. The molecule has 4 rings (SSSR count). The van der Waals surface area contributed by atoms with Crippen LogP contribution in [0.1, 0.15) is 44.9 Å². The molecular weight excluding hydrogens is 250 g/mol. The molecule has 2 unspecified atom stereocenters. The molecule has 0 radical (unpaired) electrons. The van der Waals surface area contributed by atoms with Gasteiger partial charge < -0.3 is 10.4 Å². The zero-order valence-corrected chi connectivity index (χ0v) is 11.5. The molecule has 4 aliphatic carbocycles. The summed E-state index contributed by atoms with van der Waals surface area (Å²) in [6, 6.07) is 0. The summed E-state index contributed by atoms with van der Waals surface area (Å²) in [5.74, 6) is 1.41. The highest BCUT2D eigenvalue weighted by Gasteiger charge is 2.56. The summed E-state index contributed by atoms with van der Waals surface area (Å²) in [6.45, 7) is 0.709. The van der Waals surface area contributed by atoms with Crippen LogP contribution in [0.3, 0.4) is 0 Å². The van der Waals surface area contributed by atoms with Crippen LogP contribution < -0.4 is 5.32 Å². The molecule has 0 aliphatic heterocycles. The van der Waals surface area contributed by atoms with Crippen molar-refractivity contribution in [3.8, 4) is 0 Å². The minimum absolute atomic E-state index is 0.0438. The highest BCUT2D eigenvalue weighted by molar-refractivity contribution is 6.27. The van der Waals surface area contributed by atoms with Gasteiger partial charge in [-0.3, -0.25) is 4.79 Å². The second kappa shape index (κ2) is 4.38. The van der Waals surface area contributed by atoms with Gasteiger partial charge in [-0.05, 0) is 62.2 Å². The van der Waals surface area contributed by atoms with Crippen molar-refractivity contribution < 1.29 is 9.90 Å². The van der Waals surface area contributed by atoms with E-state index in [-0.39, 0.29) is 17.4 Å². The molecule has 102 valence electrons. The van der Waals surface area contributed by atoms with E-state index in [9.17, 15) is 9.90 Å². The third-order valence-electron chi connectivity index (χ3n) is 5.25. The van der Waals surface area contributed by atoms with Crippen LogP contribution in [0.5, 0.6) is 0 Å². The fraction of sp³-hybridized carbons (Fsp3) is 0.929. The number of rotatable bonds is 4. The second-order valence-corrected chi connectivity index (χ2v) is 7.19. The lowest BCUT2D eigenvalue weighted by atomic mass is 9.47. The van der Waals surface area contributed by atoms with E-state index in [1.54, 1.807) is 0 Å². The Bertz CT molecular complexity index is 344. The monoisotopic (exact) mass is 271 g/mol. The van der Waals surface area contributed by atoms with Crippen LogP contribution in [0.4, 0.5) is 0 Å². The first-order chi connectivity index (χ1) is 8.53. The second-order valence-electron chi connectivity index (χ2n) is 6.92. The van der Waals surface area contributed by atoms with E-state index in [4.69, 9.17) is 11.6 Å². The van der Waals surface area contributed by atoms with Crippen LogP contribution in [0, 0.1) is 17.3 Å². The topological polar surface area (TPSA) is 49.3 Å². The van der Waals surface area contributed by atoms with Crippen molar-refractivity contribution in [3.63, 3.8) is 0 Å². The minimum atomic E-state index is -0.388. The summed E-state index contributed by atoms with van der Waals surface area (Å²) in [5.41, 5.74) is -0.0982. The molecule has 4 aliphatic rings. The first-order valence-corrected chi connectivity index (χ1v) is 7.61. The Labute approximate surface area is 113 Å². The van der Waals surface area contributed by atoms with Crippen molar-refractivity contribution in [1.29, 1.82) is 0 Å². The van der Waals surface area contributed by atoms with Crippen molar-refractivity contribution in [2.75, 3.05) is 12.4 Å². The first-order valence-electron chi connectivity index (χ1n) is 7.08. The number of hydrogen-bond donors (Lipinski definition) is 2. The summed E-state index contributed by atoms with van der Waals surface area (Å²) in [5, 5.41) is 13.5. The zero-order chi connectivity index (χ0) is 12.8. The molecule has 4 fully saturated rings. The predicted molar refractivity (Wildman–Crippen MR) is 70.4 cm³/mol. The van der Waals surface area contributed by atoms with Gasteiger partial charge in [0.2, 0.25) is 5.91 Å². The van der Waals surface area contributed by atoms with Gasteiger partial charge in [0, 0.05) is 6.54 Å². The number of hydrogen-bond acceptors (Lipinski definition) is 2. The molecule has 2 atom stereocenters. The number of halogens is 1. The van der Waals surface area contributed by atoms with Gasteiger partial charge in [0.1, 0.15) is 5.88 Å². The van der Waals surface area contributed by atoms with Gasteiger partial charge in [-0.2, -0.15) is 0 Å². The summed E-state index contributed by atoms with van der Waals surface area (Å²) in [4.78, 5) is 11.2. The third-order valence-corrected chi connectivity index (χ3v) is 5.49. The maximum Gasteiger partial charge on any atom is 0.234 e. The highest BCUT2D eigenvalue weighted by Crippen LogP contribution is 2.62. The quantitative estimate of drug-likeness (QED) is 0.769. The van der Waals surface area contributed by atoms with Gasteiger partial charge in [-0.15, -0.1) is 11.6 Å². The lowest BCUT2D eigenvalue weighted by molar-refractivity contribution is -0.165. The average molecular weight is 272 g/mol. The number of nitrogens with one attached hydrogen (secondary N) is 1. The maximum absolute atomic E-state index is 11.2. The molecule has 0 aromatic carbocycles. The lowest BCUT2D eigenvalue weighted by Gasteiger charge is -2.60. The smallest absolute Gasteiger partial charge is 0.234 e. The van der Waals surface area contributed by atoms with Crippen LogP contribution in [0.15, 0.2) is 0 Å². The summed E-state index contributed by atoms with van der Waals surface area (Å²) in [6.07, 6.45) is 7.80. The molecule has 4 heteroatoms. The lowest BCUT2D eigenvalue weighted by Crippen LogP contribution is -2.56. The molecule has 0 saturated heterocycles. The Hall–Kier alpha value is -0.280. The molecule has 0 heterocycles. The van der Waals surface area contributed by atoms with E-state index in [2.05, 4.69) is 5.32 Å². The molecule has 0 spiro atoms. The summed E-state index contributed by atoms with van der Waals surface area (Å²) >= 11 is 5.48. The van der Waals surface area contributed by atoms with Gasteiger partial charge >= 0.3 is 0 Å². The number of alkyl halides is 1. The fourth-order valence-corrected chi connectivity index (χ4v) is 5.30. The third kappa shape index (κ3) is 2.27. The Kier molecular flexibility index (Phi) is 3.10. The van der Waals surface area contributed by atoms with Gasteiger partial charge in [0.05, 0.1) is 5.60 Å². The molecule has 2 N–H and O–H groups in total. The van der Waals surface area contributed by atoms with E-state index in [0.717, 1.165) is 37.5 Å². The average Bonchev–Trinajstić information content (AvgIpc) is 2.24. The molecule has 18 heavy (non-hydrogen) atoms. The van der Waals surface area contributed by atoms with Crippen LogP contribution in [-0.4, -0.2) is 29.0 Å². The van der Waals surface area contributed by atoms with Gasteiger partial charge in [0.25, 0.3) is 0 Å². The van der Waals surface area contributed by atoms with E-state index < -0.39 is 0 Å². The van der Waals surface area contributed by atoms with E-state index in [1.807, 2.05) is 0 Å². The van der Waals surface area contributed by atoms with Gasteiger partial charge in [-0.25, -0.2) is 0 Å². The molecule has 0 aromatic heterocycles. The molecular formula is C14H22ClNO2. The normalized spacial score (nSPS) is 45.2. The molecule has 0 aromatic rings. The summed E-state index contributed by atoms with van der Waals surface area (Å²) < 4.78 is 0. The summed E-state index contributed by atoms with van der Waals surface area (Å²) in [7, 11) is 0. The standard InChI is InChI=1S/C14H22ClNO2/c15-8-12(17)16-2-1-13-4-10-3-11(5-13)7-14(18,6-10)9-13/h10-11,18H,1-9H2,(H,16,17). The Morgan fingerprint density at radius 2 is 1.94 bits per heavy atom. The van der Waals surface area contributed by atoms with Crippen molar-refractivity contribution in [2.45, 2.75) is 50.5 Å². The molecule has 4 bridgehead atoms. The SMILES string of the molecule is O=C(CCl)NCCC12CC3CC(CC(O)(C3)C1)C2. The van der Waals surface area contributed by atoms with E-state index in [0.29, 0.717) is 12.0 Å².